The van der Waals surface area contributed by atoms with Crippen LogP contribution in [0.15, 0.2) is 0 Å². The molecular formula is C18H28N2O3. The van der Waals surface area contributed by atoms with Crippen molar-refractivity contribution in [3.63, 3.8) is 0 Å². The summed E-state index contributed by atoms with van der Waals surface area (Å²) in [5, 5.41) is 3.10. The molecule has 3 rings (SSSR count). The van der Waals surface area contributed by atoms with Crippen molar-refractivity contribution in [2.24, 2.45) is 17.8 Å². The summed E-state index contributed by atoms with van der Waals surface area (Å²) in [6, 6.07) is 0.254. The van der Waals surface area contributed by atoms with Crippen LogP contribution in [-0.4, -0.2) is 35.2 Å². The third-order valence-corrected chi connectivity index (χ3v) is 5.95. The van der Waals surface area contributed by atoms with E-state index in [1.807, 2.05) is 0 Å². The number of hydrogen-bond acceptors (Lipinski definition) is 3. The van der Waals surface area contributed by atoms with Crippen molar-refractivity contribution >= 4 is 17.7 Å². The number of fused-ring (bicyclic) bond motifs is 1. The normalized spacial score (nSPS) is 34.4. The Balaban J connectivity index is 1.50. The molecule has 0 spiro atoms. The lowest BCUT2D eigenvalue weighted by atomic mass is 9.81. The van der Waals surface area contributed by atoms with Crippen LogP contribution < -0.4 is 5.32 Å². The molecule has 23 heavy (non-hydrogen) atoms. The number of hydrogen-bond donors (Lipinski definition) is 1. The van der Waals surface area contributed by atoms with E-state index in [2.05, 4.69) is 12.2 Å². The van der Waals surface area contributed by atoms with Crippen molar-refractivity contribution in [3.8, 4) is 0 Å². The van der Waals surface area contributed by atoms with Gasteiger partial charge in [-0.15, -0.1) is 0 Å². The van der Waals surface area contributed by atoms with Crippen molar-refractivity contribution in [1.29, 1.82) is 0 Å². The quantitative estimate of drug-likeness (QED) is 0.808. The van der Waals surface area contributed by atoms with Crippen molar-refractivity contribution in [1.82, 2.24) is 10.2 Å². The van der Waals surface area contributed by atoms with E-state index >= 15 is 0 Å². The predicted octanol–water partition coefficient (Wildman–Crippen LogP) is 2.25. The van der Waals surface area contributed by atoms with Gasteiger partial charge in [0.05, 0.1) is 11.8 Å². The van der Waals surface area contributed by atoms with Gasteiger partial charge in [-0.3, -0.25) is 19.3 Å². The maximum absolute atomic E-state index is 12.4. The summed E-state index contributed by atoms with van der Waals surface area (Å²) < 4.78 is 0. The Kier molecular flexibility index (Phi) is 5.02. The summed E-state index contributed by atoms with van der Waals surface area (Å²) in [6.07, 6.45) is 8.59. The third-order valence-electron chi connectivity index (χ3n) is 5.95. The highest BCUT2D eigenvalue weighted by atomic mass is 16.2. The predicted molar refractivity (Wildman–Crippen MR) is 86.3 cm³/mol. The number of likely N-dealkylation sites (tertiary alicyclic amines) is 1. The van der Waals surface area contributed by atoms with Gasteiger partial charge in [0.15, 0.2) is 0 Å². The smallest absolute Gasteiger partial charge is 0.233 e. The van der Waals surface area contributed by atoms with E-state index in [0.717, 1.165) is 38.5 Å². The molecule has 128 valence electrons. The average molecular weight is 320 g/mol. The van der Waals surface area contributed by atoms with E-state index in [-0.39, 0.29) is 48.6 Å². The summed E-state index contributed by atoms with van der Waals surface area (Å²) in [7, 11) is 0. The molecule has 1 heterocycles. The minimum atomic E-state index is -0.113. The van der Waals surface area contributed by atoms with Gasteiger partial charge in [-0.05, 0) is 31.6 Å². The first-order valence-electron chi connectivity index (χ1n) is 9.22. The van der Waals surface area contributed by atoms with Crippen molar-refractivity contribution < 1.29 is 14.4 Å². The van der Waals surface area contributed by atoms with Gasteiger partial charge in [0.25, 0.3) is 0 Å². The fourth-order valence-electron chi connectivity index (χ4n) is 4.47. The van der Waals surface area contributed by atoms with Crippen LogP contribution in [0.4, 0.5) is 0 Å². The highest BCUT2D eigenvalue weighted by Gasteiger charge is 2.47. The van der Waals surface area contributed by atoms with Gasteiger partial charge in [-0.2, -0.15) is 0 Å². The van der Waals surface area contributed by atoms with Gasteiger partial charge in [-0.1, -0.05) is 32.6 Å². The Morgan fingerprint density at radius 1 is 1.00 bits per heavy atom. The third kappa shape index (κ3) is 3.43. The highest BCUT2D eigenvalue weighted by Crippen LogP contribution is 2.38. The molecule has 3 fully saturated rings. The van der Waals surface area contributed by atoms with E-state index in [1.165, 1.54) is 17.7 Å². The lowest BCUT2D eigenvalue weighted by molar-refractivity contribution is -0.140. The monoisotopic (exact) mass is 320 g/mol. The lowest BCUT2D eigenvalue weighted by Crippen LogP contribution is -2.42. The topological polar surface area (TPSA) is 66.5 Å². The number of carbonyl (C=O) groups is 3. The minimum absolute atomic E-state index is 0.0285. The van der Waals surface area contributed by atoms with Gasteiger partial charge in [0, 0.05) is 19.0 Å². The standard InChI is InChI=1S/C18H28N2O3/c1-12-6-2-5-9-15(12)19-16(21)10-11-20-17(22)13-7-3-4-8-14(13)18(20)23/h12-15H,2-11H2,1H3,(H,19,21)/t12-,13-,14+,15-/m0/s1. The first kappa shape index (κ1) is 16.5. The maximum Gasteiger partial charge on any atom is 0.233 e. The average Bonchev–Trinajstić information content (AvgIpc) is 2.80. The number of amides is 3. The van der Waals surface area contributed by atoms with Crippen LogP contribution in [0.1, 0.15) is 64.7 Å². The Morgan fingerprint density at radius 2 is 1.57 bits per heavy atom. The number of rotatable bonds is 4. The number of nitrogens with zero attached hydrogens (tertiary/aromatic N) is 1. The van der Waals surface area contributed by atoms with Crippen LogP contribution in [0, 0.1) is 17.8 Å². The van der Waals surface area contributed by atoms with Crippen LogP contribution in [-0.2, 0) is 14.4 Å². The SMILES string of the molecule is C[C@H]1CCCC[C@@H]1NC(=O)CCN1C(=O)[C@H]2CCCC[C@H]2C1=O. The molecule has 5 nitrogen and oxygen atoms in total. The first-order valence-corrected chi connectivity index (χ1v) is 9.22. The van der Waals surface area contributed by atoms with Crippen LogP contribution in [0.2, 0.25) is 0 Å². The fourth-order valence-corrected chi connectivity index (χ4v) is 4.47. The zero-order valence-corrected chi connectivity index (χ0v) is 14.1. The van der Waals surface area contributed by atoms with Crippen molar-refractivity contribution in [2.75, 3.05) is 6.54 Å². The molecule has 4 atom stereocenters. The summed E-state index contributed by atoms with van der Waals surface area (Å²) in [6.45, 7) is 2.43. The second kappa shape index (κ2) is 7.02. The molecule has 0 aromatic carbocycles. The van der Waals surface area contributed by atoms with Gasteiger partial charge in [-0.25, -0.2) is 0 Å². The first-order chi connectivity index (χ1) is 11.1. The second-order valence-electron chi connectivity index (χ2n) is 7.51. The van der Waals surface area contributed by atoms with E-state index in [4.69, 9.17) is 0 Å². The van der Waals surface area contributed by atoms with Crippen LogP contribution in [0.3, 0.4) is 0 Å². The molecule has 0 aromatic rings. The highest BCUT2D eigenvalue weighted by molar-refractivity contribution is 6.05. The van der Waals surface area contributed by atoms with Gasteiger partial charge in [0.2, 0.25) is 17.7 Å². The molecule has 0 aromatic heterocycles. The van der Waals surface area contributed by atoms with Crippen LogP contribution in [0.25, 0.3) is 0 Å². The zero-order valence-electron chi connectivity index (χ0n) is 14.1. The summed E-state index contributed by atoms with van der Waals surface area (Å²) in [5.41, 5.74) is 0. The second-order valence-corrected chi connectivity index (χ2v) is 7.51. The molecule has 0 unspecified atom stereocenters. The Hall–Kier alpha value is -1.39. The molecule has 2 aliphatic carbocycles. The van der Waals surface area contributed by atoms with Crippen LogP contribution in [0.5, 0.6) is 0 Å². The molecule has 3 amide bonds. The maximum atomic E-state index is 12.4. The minimum Gasteiger partial charge on any atom is -0.353 e. The molecule has 0 bridgehead atoms. The fraction of sp³-hybridized carbons (Fsp3) is 0.833. The summed E-state index contributed by atoms with van der Waals surface area (Å²) in [5.74, 6) is 0.178. The van der Waals surface area contributed by atoms with Crippen LogP contribution >= 0.6 is 0 Å². The van der Waals surface area contributed by atoms with Gasteiger partial charge >= 0.3 is 0 Å². The molecular weight excluding hydrogens is 292 g/mol. The zero-order chi connectivity index (χ0) is 16.4. The Morgan fingerprint density at radius 3 is 2.17 bits per heavy atom. The number of nitrogens with one attached hydrogen (secondary N) is 1. The molecule has 3 aliphatic rings. The van der Waals surface area contributed by atoms with E-state index in [9.17, 15) is 14.4 Å². The Labute approximate surface area is 138 Å². The van der Waals surface area contributed by atoms with Crippen molar-refractivity contribution in [3.05, 3.63) is 0 Å². The van der Waals surface area contributed by atoms with Gasteiger partial charge in [0.1, 0.15) is 0 Å². The summed E-state index contributed by atoms with van der Waals surface area (Å²) >= 11 is 0. The molecule has 1 saturated heterocycles. The van der Waals surface area contributed by atoms with Gasteiger partial charge < -0.3 is 5.32 Å². The molecule has 1 aliphatic heterocycles. The van der Waals surface area contributed by atoms with E-state index in [1.54, 1.807) is 0 Å². The molecule has 0 radical (unpaired) electrons. The number of carbonyl (C=O) groups excluding carboxylic acids is 3. The Bertz CT molecular complexity index is 467. The largest absolute Gasteiger partial charge is 0.353 e. The molecule has 2 saturated carbocycles. The van der Waals surface area contributed by atoms with Crippen molar-refractivity contribution in [2.45, 2.75) is 70.8 Å². The van der Waals surface area contributed by atoms with E-state index in [0.29, 0.717) is 5.92 Å². The molecule has 5 heteroatoms. The lowest BCUT2D eigenvalue weighted by Gasteiger charge is -2.29. The molecule has 1 N–H and O–H groups in total. The summed E-state index contributed by atoms with van der Waals surface area (Å²) in [4.78, 5) is 38.3. The van der Waals surface area contributed by atoms with E-state index < -0.39 is 0 Å². The number of imide groups is 1.